The monoisotopic (exact) mass is 498 g/mol. The van der Waals surface area contributed by atoms with Gasteiger partial charge in [-0.3, -0.25) is 10.3 Å². The van der Waals surface area contributed by atoms with Gasteiger partial charge in [0, 0.05) is 31.2 Å². The van der Waals surface area contributed by atoms with Gasteiger partial charge in [-0.2, -0.15) is 5.26 Å². The first-order valence-corrected chi connectivity index (χ1v) is 12.2. The fourth-order valence-electron chi connectivity index (χ4n) is 3.99. The summed E-state index contributed by atoms with van der Waals surface area (Å²) in [6, 6.07) is 12.6. The smallest absolute Gasteiger partial charge is 0.139 e. The number of para-hydroxylation sites is 1. The van der Waals surface area contributed by atoms with Crippen LogP contribution in [0.25, 0.3) is 0 Å². The average molecular weight is 499 g/mol. The topological polar surface area (TPSA) is 140 Å². The van der Waals surface area contributed by atoms with Crippen molar-refractivity contribution in [3.63, 3.8) is 0 Å². The van der Waals surface area contributed by atoms with Crippen molar-refractivity contribution in [1.82, 2.24) is 14.8 Å². The molecule has 1 aliphatic rings. The molecule has 2 unspecified atom stereocenters. The van der Waals surface area contributed by atoms with Crippen LogP contribution in [0.1, 0.15) is 37.1 Å². The van der Waals surface area contributed by atoms with Gasteiger partial charge in [-0.25, -0.2) is 4.98 Å². The Bertz CT molecular complexity index is 1300. The van der Waals surface area contributed by atoms with Crippen molar-refractivity contribution in [1.29, 1.82) is 16.1 Å². The van der Waals surface area contributed by atoms with E-state index in [1.54, 1.807) is 24.3 Å². The standard InChI is InChI=1S/C28H34N8O/c1-19(34(3)4)9-11-24-21(18-29)10-12-27(33-24)36-16-15-35(14-13-20(36)2)25(28(31)32)17-23(30)22-7-5-6-8-26(22)37/h5-8,10,12,17,19-20,30,37H,13-16H2,1-4H3,(H3,31,32)/b25-17+,30-23?. The van der Waals surface area contributed by atoms with Crippen molar-refractivity contribution in [3.05, 3.63) is 65.0 Å². The molecule has 0 bridgehead atoms. The van der Waals surface area contributed by atoms with Crippen LogP contribution in [0.4, 0.5) is 5.82 Å². The lowest BCUT2D eigenvalue weighted by Gasteiger charge is -2.28. The molecule has 1 aromatic heterocycles. The van der Waals surface area contributed by atoms with Gasteiger partial charge in [0.1, 0.15) is 29.2 Å². The van der Waals surface area contributed by atoms with Gasteiger partial charge >= 0.3 is 0 Å². The molecule has 1 fully saturated rings. The summed E-state index contributed by atoms with van der Waals surface area (Å²) in [5.41, 5.74) is 7.74. The van der Waals surface area contributed by atoms with Crippen molar-refractivity contribution < 1.29 is 5.11 Å². The number of nitriles is 1. The summed E-state index contributed by atoms with van der Waals surface area (Å²) in [6.45, 7) is 5.91. The molecule has 0 radical (unpaired) electrons. The molecule has 0 aliphatic carbocycles. The van der Waals surface area contributed by atoms with E-state index in [0.717, 1.165) is 12.2 Å². The Morgan fingerprint density at radius 1 is 1.22 bits per heavy atom. The van der Waals surface area contributed by atoms with E-state index in [0.29, 0.717) is 42.2 Å². The summed E-state index contributed by atoms with van der Waals surface area (Å²) < 4.78 is 0. The molecular formula is C28H34N8O. The number of phenols is 1. The molecule has 9 heteroatoms. The van der Waals surface area contributed by atoms with Crippen molar-refractivity contribution in [3.8, 4) is 23.7 Å². The fraction of sp³-hybridized carbons (Fsp3) is 0.357. The second kappa shape index (κ2) is 12.1. The maximum Gasteiger partial charge on any atom is 0.139 e. The van der Waals surface area contributed by atoms with E-state index in [9.17, 15) is 10.4 Å². The van der Waals surface area contributed by atoms with Gasteiger partial charge in [0.25, 0.3) is 0 Å². The minimum atomic E-state index is -0.134. The number of nitrogens with two attached hydrogens (primary N) is 1. The second-order valence-corrected chi connectivity index (χ2v) is 9.28. The zero-order valence-corrected chi connectivity index (χ0v) is 21.8. The lowest BCUT2D eigenvalue weighted by molar-refractivity contribution is 0.373. The quantitative estimate of drug-likeness (QED) is 0.273. The zero-order chi connectivity index (χ0) is 27.1. The average Bonchev–Trinajstić information content (AvgIpc) is 3.06. The highest BCUT2D eigenvalue weighted by atomic mass is 16.3. The highest BCUT2D eigenvalue weighted by Gasteiger charge is 2.25. The Morgan fingerprint density at radius 2 is 1.95 bits per heavy atom. The van der Waals surface area contributed by atoms with Crippen LogP contribution in [0.3, 0.4) is 0 Å². The third-order valence-electron chi connectivity index (χ3n) is 6.52. The number of rotatable bonds is 6. The van der Waals surface area contributed by atoms with Crippen molar-refractivity contribution >= 4 is 17.4 Å². The lowest BCUT2D eigenvalue weighted by atomic mass is 10.1. The molecule has 37 heavy (non-hydrogen) atoms. The van der Waals surface area contributed by atoms with E-state index in [1.165, 1.54) is 12.1 Å². The minimum Gasteiger partial charge on any atom is -0.507 e. The van der Waals surface area contributed by atoms with Crippen LogP contribution in [-0.2, 0) is 0 Å². The Balaban J connectivity index is 1.86. The molecule has 9 nitrogen and oxygen atoms in total. The molecular weight excluding hydrogens is 464 g/mol. The number of hydrogen-bond donors (Lipinski definition) is 4. The first-order chi connectivity index (χ1) is 17.6. The number of allylic oxidation sites excluding steroid dienone is 1. The van der Waals surface area contributed by atoms with Crippen molar-refractivity contribution in [2.24, 2.45) is 5.73 Å². The van der Waals surface area contributed by atoms with Gasteiger partial charge in [-0.05, 0) is 70.6 Å². The molecule has 1 saturated heterocycles. The number of aromatic nitrogens is 1. The number of aromatic hydroxyl groups is 1. The molecule has 3 rings (SSSR count). The van der Waals surface area contributed by atoms with Crippen LogP contribution in [0.5, 0.6) is 5.75 Å². The maximum atomic E-state index is 10.1. The third kappa shape index (κ3) is 6.66. The first-order valence-electron chi connectivity index (χ1n) is 12.2. The Kier molecular flexibility index (Phi) is 8.89. The van der Waals surface area contributed by atoms with Gasteiger partial charge < -0.3 is 26.0 Å². The van der Waals surface area contributed by atoms with E-state index in [1.807, 2.05) is 36.9 Å². The largest absolute Gasteiger partial charge is 0.507 e. The van der Waals surface area contributed by atoms with E-state index >= 15 is 0 Å². The van der Waals surface area contributed by atoms with E-state index in [-0.39, 0.29) is 29.4 Å². The van der Waals surface area contributed by atoms with Crippen LogP contribution in [0, 0.1) is 34.0 Å². The second-order valence-electron chi connectivity index (χ2n) is 9.28. The molecule has 0 saturated carbocycles. The molecule has 1 aliphatic heterocycles. The minimum absolute atomic E-state index is 0.00749. The molecule has 2 aromatic rings. The number of benzene rings is 1. The maximum absolute atomic E-state index is 10.1. The summed E-state index contributed by atoms with van der Waals surface area (Å²) in [6.07, 6.45) is 2.31. The first kappa shape index (κ1) is 27.3. The van der Waals surface area contributed by atoms with Crippen LogP contribution in [0.15, 0.2) is 48.2 Å². The van der Waals surface area contributed by atoms with Crippen molar-refractivity contribution in [2.75, 3.05) is 38.6 Å². The Morgan fingerprint density at radius 3 is 2.59 bits per heavy atom. The lowest BCUT2D eigenvalue weighted by Crippen LogP contribution is -2.37. The summed E-state index contributed by atoms with van der Waals surface area (Å²) in [5.74, 6) is 6.84. The molecule has 5 N–H and O–H groups in total. The number of amidine groups is 1. The third-order valence-corrected chi connectivity index (χ3v) is 6.52. The summed E-state index contributed by atoms with van der Waals surface area (Å²) in [7, 11) is 3.90. The SMILES string of the molecule is CC(C#Cc1nc(N2CCN(/C(=C/C(=N)c3ccccc3O)C(=N)N)CCC2C)ccc1C#N)N(C)C. The van der Waals surface area contributed by atoms with Gasteiger partial charge in [-0.1, -0.05) is 18.1 Å². The van der Waals surface area contributed by atoms with Crippen LogP contribution in [0.2, 0.25) is 0 Å². The van der Waals surface area contributed by atoms with Crippen LogP contribution in [-0.4, -0.2) is 77.3 Å². The number of nitrogens with one attached hydrogen (secondary N) is 2. The summed E-state index contributed by atoms with van der Waals surface area (Å²) in [4.78, 5) is 10.9. The van der Waals surface area contributed by atoms with Gasteiger partial charge in [0.15, 0.2) is 0 Å². The number of hydrogen-bond acceptors (Lipinski definition) is 8. The fourth-order valence-corrected chi connectivity index (χ4v) is 3.99. The molecule has 2 atom stereocenters. The van der Waals surface area contributed by atoms with Gasteiger partial charge in [0.05, 0.1) is 23.0 Å². The molecule has 0 amide bonds. The highest BCUT2D eigenvalue weighted by Crippen LogP contribution is 2.23. The summed E-state index contributed by atoms with van der Waals surface area (Å²) >= 11 is 0. The Hall–Kier alpha value is -4.34. The van der Waals surface area contributed by atoms with E-state index in [4.69, 9.17) is 21.5 Å². The number of phenolic OH excluding ortho intramolecular Hbond substituents is 1. The Labute approximate surface area is 218 Å². The molecule has 192 valence electrons. The number of anilines is 1. The van der Waals surface area contributed by atoms with Crippen molar-refractivity contribution in [2.45, 2.75) is 32.4 Å². The van der Waals surface area contributed by atoms with Gasteiger partial charge in [-0.15, -0.1) is 0 Å². The van der Waals surface area contributed by atoms with Crippen LogP contribution < -0.4 is 10.6 Å². The number of nitrogens with zero attached hydrogens (tertiary/aromatic N) is 5. The van der Waals surface area contributed by atoms with E-state index in [2.05, 4.69) is 29.7 Å². The molecule has 1 aromatic carbocycles. The van der Waals surface area contributed by atoms with Gasteiger partial charge in [0.2, 0.25) is 0 Å². The molecule has 2 heterocycles. The summed E-state index contributed by atoms with van der Waals surface area (Å²) in [5, 5.41) is 36.3. The zero-order valence-electron chi connectivity index (χ0n) is 21.8. The predicted octanol–water partition coefficient (Wildman–Crippen LogP) is 2.75. The highest BCUT2D eigenvalue weighted by molar-refractivity contribution is 6.12. The number of pyridine rings is 1. The molecule has 0 spiro atoms. The normalized spacial score (nSPS) is 16.9. The predicted molar refractivity (Wildman–Crippen MR) is 147 cm³/mol. The van der Waals surface area contributed by atoms with E-state index < -0.39 is 0 Å². The van der Waals surface area contributed by atoms with Crippen LogP contribution >= 0.6 is 0 Å².